The summed E-state index contributed by atoms with van der Waals surface area (Å²) in [6.45, 7) is 1.93. The van der Waals surface area contributed by atoms with Gasteiger partial charge in [0.05, 0.1) is 17.5 Å². The number of alkyl halides is 3. The van der Waals surface area contributed by atoms with Gasteiger partial charge in [0.1, 0.15) is 5.75 Å². The lowest BCUT2D eigenvalue weighted by Crippen LogP contribution is -2.17. The molecule has 100 valence electrons. The maximum absolute atomic E-state index is 12.0. The van der Waals surface area contributed by atoms with Crippen LogP contribution < -0.4 is 4.74 Å². The molecule has 0 fully saturated rings. The molecule has 0 bridgehead atoms. The van der Waals surface area contributed by atoms with Crippen LogP contribution in [0.5, 0.6) is 5.75 Å². The van der Waals surface area contributed by atoms with Gasteiger partial charge >= 0.3 is 12.3 Å². The molecule has 7 heteroatoms. The summed E-state index contributed by atoms with van der Waals surface area (Å²) in [5, 5.41) is 0. The maximum atomic E-state index is 12.0. The van der Waals surface area contributed by atoms with E-state index >= 15 is 0 Å². The van der Waals surface area contributed by atoms with Crippen LogP contribution in [0.2, 0.25) is 0 Å². The lowest BCUT2D eigenvalue weighted by Gasteiger charge is -2.11. The van der Waals surface area contributed by atoms with Crippen LogP contribution in [0.25, 0.3) is 0 Å². The third-order valence-electron chi connectivity index (χ3n) is 1.88. The average Bonchev–Trinajstić information content (AvgIpc) is 2.21. The molecule has 1 rings (SSSR count). The van der Waals surface area contributed by atoms with Gasteiger partial charge in [0.25, 0.3) is 0 Å². The lowest BCUT2D eigenvalue weighted by atomic mass is 10.1. The standard InChI is InChI=1S/C11H10BrF3O3/c1-2-17-10(16)6-7-3-4-9(8(12)5-7)18-11(13,14)15/h3-5H,2,6H2,1H3. The number of esters is 1. The first-order chi connectivity index (χ1) is 8.31. The van der Waals surface area contributed by atoms with Crippen molar-refractivity contribution in [3.8, 4) is 5.75 Å². The Morgan fingerprint density at radius 3 is 2.56 bits per heavy atom. The van der Waals surface area contributed by atoms with E-state index in [-0.39, 0.29) is 23.2 Å². The topological polar surface area (TPSA) is 35.5 Å². The molecule has 0 aliphatic carbocycles. The smallest absolute Gasteiger partial charge is 0.466 e. The van der Waals surface area contributed by atoms with Crippen LogP contribution in [0, 0.1) is 0 Å². The van der Waals surface area contributed by atoms with E-state index in [0.29, 0.717) is 5.56 Å². The Morgan fingerprint density at radius 2 is 2.06 bits per heavy atom. The van der Waals surface area contributed by atoms with Gasteiger partial charge in [-0.3, -0.25) is 4.79 Å². The third kappa shape index (κ3) is 4.95. The summed E-state index contributed by atoms with van der Waals surface area (Å²) in [6, 6.07) is 3.91. The third-order valence-corrected chi connectivity index (χ3v) is 2.50. The van der Waals surface area contributed by atoms with Crippen molar-refractivity contribution >= 4 is 21.9 Å². The van der Waals surface area contributed by atoms with Crippen LogP contribution in [0.1, 0.15) is 12.5 Å². The van der Waals surface area contributed by atoms with Crippen LogP contribution in [-0.4, -0.2) is 18.9 Å². The molecule has 0 saturated carbocycles. The lowest BCUT2D eigenvalue weighted by molar-refractivity contribution is -0.274. The maximum Gasteiger partial charge on any atom is 0.573 e. The SMILES string of the molecule is CCOC(=O)Cc1ccc(OC(F)(F)F)c(Br)c1. The predicted octanol–water partition coefficient (Wildman–Crippen LogP) is 3.45. The van der Waals surface area contributed by atoms with E-state index in [1.165, 1.54) is 12.1 Å². The summed E-state index contributed by atoms with van der Waals surface area (Å²) in [4.78, 5) is 11.2. The molecule has 0 spiro atoms. The van der Waals surface area contributed by atoms with Crippen LogP contribution in [0.3, 0.4) is 0 Å². The average molecular weight is 327 g/mol. The van der Waals surface area contributed by atoms with Gasteiger partial charge in [-0.1, -0.05) is 6.07 Å². The summed E-state index contributed by atoms with van der Waals surface area (Å²) in [5.74, 6) is -0.788. The molecule has 0 saturated heterocycles. The first-order valence-electron chi connectivity index (χ1n) is 5.01. The number of halogens is 4. The van der Waals surface area contributed by atoms with Crippen molar-refractivity contribution in [2.45, 2.75) is 19.7 Å². The number of hydrogen-bond donors (Lipinski definition) is 0. The summed E-state index contributed by atoms with van der Waals surface area (Å²) in [6.07, 6.45) is -4.75. The van der Waals surface area contributed by atoms with Gasteiger partial charge < -0.3 is 9.47 Å². The van der Waals surface area contributed by atoms with Gasteiger partial charge in [-0.2, -0.15) is 0 Å². The van der Waals surface area contributed by atoms with E-state index in [9.17, 15) is 18.0 Å². The number of carbonyl (C=O) groups is 1. The molecule has 0 radical (unpaired) electrons. The second-order valence-electron chi connectivity index (χ2n) is 3.29. The van der Waals surface area contributed by atoms with E-state index in [1.54, 1.807) is 6.92 Å². The summed E-state index contributed by atoms with van der Waals surface area (Å²) >= 11 is 2.95. The highest BCUT2D eigenvalue weighted by Gasteiger charge is 2.31. The van der Waals surface area contributed by atoms with E-state index < -0.39 is 12.3 Å². The molecule has 0 aromatic heterocycles. The molecular weight excluding hydrogens is 317 g/mol. The van der Waals surface area contributed by atoms with Gasteiger partial charge in [-0.25, -0.2) is 0 Å². The summed E-state index contributed by atoms with van der Waals surface area (Å²) < 4.78 is 44.7. The van der Waals surface area contributed by atoms with Gasteiger partial charge in [-0.15, -0.1) is 13.2 Å². The highest BCUT2D eigenvalue weighted by atomic mass is 79.9. The fourth-order valence-electron chi connectivity index (χ4n) is 1.24. The number of benzene rings is 1. The van der Waals surface area contributed by atoms with Crippen LogP contribution in [-0.2, 0) is 16.0 Å². The molecule has 0 unspecified atom stereocenters. The number of hydrogen-bond acceptors (Lipinski definition) is 3. The van der Waals surface area contributed by atoms with Crippen LogP contribution in [0.4, 0.5) is 13.2 Å². The Balaban J connectivity index is 2.76. The molecule has 18 heavy (non-hydrogen) atoms. The Morgan fingerprint density at radius 1 is 1.39 bits per heavy atom. The predicted molar refractivity (Wildman–Crippen MR) is 61.2 cm³/mol. The molecule has 0 aliphatic rings. The van der Waals surface area contributed by atoms with Crippen molar-refractivity contribution in [1.82, 2.24) is 0 Å². The van der Waals surface area contributed by atoms with Gasteiger partial charge in [0.2, 0.25) is 0 Å². The van der Waals surface area contributed by atoms with Crippen molar-refractivity contribution < 1.29 is 27.4 Å². The zero-order chi connectivity index (χ0) is 13.8. The van der Waals surface area contributed by atoms with Gasteiger partial charge in [0.15, 0.2) is 0 Å². The molecular formula is C11H10BrF3O3. The monoisotopic (exact) mass is 326 g/mol. The molecule has 0 aliphatic heterocycles. The normalized spacial score (nSPS) is 11.2. The fourth-order valence-corrected chi connectivity index (χ4v) is 1.75. The summed E-state index contributed by atoms with van der Waals surface area (Å²) in [5.41, 5.74) is 0.537. The Kier molecular flexibility index (Phi) is 5.01. The minimum atomic E-state index is -4.74. The second-order valence-corrected chi connectivity index (χ2v) is 4.15. The minimum Gasteiger partial charge on any atom is -0.466 e. The quantitative estimate of drug-likeness (QED) is 0.795. The Bertz CT molecular complexity index is 432. The fraction of sp³-hybridized carbons (Fsp3) is 0.364. The molecule has 0 atom stereocenters. The first kappa shape index (κ1) is 14.8. The van der Waals surface area contributed by atoms with E-state index in [4.69, 9.17) is 4.74 Å². The van der Waals surface area contributed by atoms with Crippen molar-refractivity contribution in [1.29, 1.82) is 0 Å². The van der Waals surface area contributed by atoms with Crippen LogP contribution >= 0.6 is 15.9 Å². The van der Waals surface area contributed by atoms with E-state index in [2.05, 4.69) is 20.7 Å². The van der Waals surface area contributed by atoms with E-state index in [0.717, 1.165) is 6.07 Å². The largest absolute Gasteiger partial charge is 0.573 e. The molecule has 0 amide bonds. The van der Waals surface area contributed by atoms with Crippen molar-refractivity contribution in [2.75, 3.05) is 6.61 Å². The summed E-state index contributed by atoms with van der Waals surface area (Å²) in [7, 11) is 0. The molecule has 0 heterocycles. The zero-order valence-corrected chi connectivity index (χ0v) is 11.0. The van der Waals surface area contributed by atoms with Crippen molar-refractivity contribution in [3.63, 3.8) is 0 Å². The highest BCUT2D eigenvalue weighted by molar-refractivity contribution is 9.10. The van der Waals surface area contributed by atoms with Crippen molar-refractivity contribution in [2.24, 2.45) is 0 Å². The first-order valence-corrected chi connectivity index (χ1v) is 5.81. The Hall–Kier alpha value is -1.24. The number of rotatable bonds is 4. The molecule has 1 aromatic rings. The van der Waals surface area contributed by atoms with Crippen molar-refractivity contribution in [3.05, 3.63) is 28.2 Å². The molecule has 0 N–H and O–H groups in total. The van der Waals surface area contributed by atoms with Crippen LogP contribution in [0.15, 0.2) is 22.7 Å². The second kappa shape index (κ2) is 6.08. The number of ether oxygens (including phenoxy) is 2. The Labute approximate surface area is 110 Å². The zero-order valence-electron chi connectivity index (χ0n) is 9.38. The molecule has 1 aromatic carbocycles. The highest BCUT2D eigenvalue weighted by Crippen LogP contribution is 2.31. The van der Waals surface area contributed by atoms with Gasteiger partial charge in [0, 0.05) is 0 Å². The van der Waals surface area contributed by atoms with E-state index in [1.807, 2.05) is 0 Å². The minimum absolute atomic E-state index is 0.00125. The number of carbonyl (C=O) groups excluding carboxylic acids is 1. The van der Waals surface area contributed by atoms with Gasteiger partial charge in [-0.05, 0) is 40.5 Å². The molecule has 3 nitrogen and oxygen atoms in total.